The monoisotopic (exact) mass is 308 g/mol. The van der Waals surface area contributed by atoms with Gasteiger partial charge >= 0.3 is 0 Å². The van der Waals surface area contributed by atoms with Crippen LogP contribution in [-0.4, -0.2) is 20.8 Å². The average molecular weight is 308 g/mol. The van der Waals surface area contributed by atoms with Crippen molar-refractivity contribution in [3.8, 4) is 5.82 Å². The fraction of sp³-hybridized carbons (Fsp3) is 0.579. The summed E-state index contributed by atoms with van der Waals surface area (Å²) in [7, 11) is 0. The molecule has 0 aromatic carbocycles. The lowest BCUT2D eigenvalue weighted by Gasteiger charge is -2.54. The van der Waals surface area contributed by atoms with Crippen LogP contribution in [0.3, 0.4) is 0 Å². The van der Waals surface area contributed by atoms with E-state index in [2.05, 4.69) is 21.5 Å². The molecule has 4 bridgehead atoms. The van der Waals surface area contributed by atoms with Crippen molar-refractivity contribution in [3.63, 3.8) is 0 Å². The molecule has 4 aliphatic rings. The van der Waals surface area contributed by atoms with Crippen LogP contribution in [0.4, 0.5) is 0 Å². The Bertz CT molecular complexity index is 650. The molecule has 4 nitrogen and oxygen atoms in total. The van der Waals surface area contributed by atoms with Crippen molar-refractivity contribution >= 4 is 0 Å². The van der Waals surface area contributed by atoms with E-state index >= 15 is 0 Å². The third-order valence-electron chi connectivity index (χ3n) is 6.34. The number of aromatic nitrogens is 3. The van der Waals surface area contributed by atoms with Crippen molar-refractivity contribution in [2.24, 2.45) is 23.7 Å². The van der Waals surface area contributed by atoms with Gasteiger partial charge in [0.1, 0.15) is 0 Å². The predicted molar refractivity (Wildman–Crippen MR) is 89.0 cm³/mol. The highest BCUT2D eigenvalue weighted by Crippen LogP contribution is 2.53. The molecular weight excluding hydrogens is 284 g/mol. The van der Waals surface area contributed by atoms with Crippen LogP contribution in [0.1, 0.15) is 37.7 Å². The minimum Gasteiger partial charge on any atom is -0.309 e. The molecule has 4 heteroatoms. The highest BCUT2D eigenvalue weighted by molar-refractivity contribution is 5.32. The lowest BCUT2D eigenvalue weighted by Crippen LogP contribution is -2.54. The Balaban J connectivity index is 1.34. The molecule has 120 valence electrons. The first-order valence-electron chi connectivity index (χ1n) is 9.04. The van der Waals surface area contributed by atoms with Gasteiger partial charge in [-0.25, -0.2) is 9.67 Å². The molecule has 0 saturated heterocycles. The number of pyridine rings is 1. The first-order valence-corrected chi connectivity index (χ1v) is 9.04. The molecule has 4 saturated carbocycles. The van der Waals surface area contributed by atoms with Crippen LogP contribution in [0.25, 0.3) is 5.82 Å². The molecule has 0 radical (unpaired) electrons. The van der Waals surface area contributed by atoms with E-state index in [1.54, 1.807) is 0 Å². The SMILES string of the molecule is c1cnc(-n2cccn2)c(CNC2C3CC4CC(C3)CC2C4)c1. The highest BCUT2D eigenvalue weighted by Gasteiger charge is 2.47. The third kappa shape index (κ3) is 2.40. The van der Waals surface area contributed by atoms with E-state index in [9.17, 15) is 0 Å². The van der Waals surface area contributed by atoms with Gasteiger partial charge in [0.2, 0.25) is 0 Å². The maximum absolute atomic E-state index is 4.54. The Morgan fingerprint density at radius 3 is 2.48 bits per heavy atom. The van der Waals surface area contributed by atoms with E-state index in [0.29, 0.717) is 6.04 Å². The van der Waals surface area contributed by atoms with Gasteiger partial charge in [0.05, 0.1) is 0 Å². The lowest BCUT2D eigenvalue weighted by atomic mass is 9.54. The summed E-state index contributed by atoms with van der Waals surface area (Å²) >= 11 is 0. The van der Waals surface area contributed by atoms with Crippen LogP contribution in [0, 0.1) is 23.7 Å². The smallest absolute Gasteiger partial charge is 0.157 e. The highest BCUT2D eigenvalue weighted by atomic mass is 15.3. The molecule has 2 heterocycles. The molecule has 2 aromatic rings. The van der Waals surface area contributed by atoms with Gasteiger partial charge in [0, 0.05) is 36.7 Å². The van der Waals surface area contributed by atoms with E-state index in [1.165, 1.54) is 37.7 Å². The zero-order valence-electron chi connectivity index (χ0n) is 13.4. The second-order valence-corrected chi connectivity index (χ2v) is 7.77. The van der Waals surface area contributed by atoms with E-state index in [1.807, 2.05) is 35.4 Å². The Hall–Kier alpha value is -1.68. The summed E-state index contributed by atoms with van der Waals surface area (Å²) in [5.74, 6) is 4.85. The Morgan fingerprint density at radius 1 is 1.00 bits per heavy atom. The van der Waals surface area contributed by atoms with Crippen molar-refractivity contribution in [2.75, 3.05) is 0 Å². The van der Waals surface area contributed by atoms with Gasteiger partial charge in [-0.3, -0.25) is 0 Å². The summed E-state index contributed by atoms with van der Waals surface area (Å²) in [6.45, 7) is 0.899. The van der Waals surface area contributed by atoms with Crippen LogP contribution in [0.15, 0.2) is 36.8 Å². The summed E-state index contributed by atoms with van der Waals surface area (Å²) in [5, 5.41) is 8.24. The summed E-state index contributed by atoms with van der Waals surface area (Å²) in [6, 6.07) is 6.87. The fourth-order valence-electron chi connectivity index (χ4n) is 5.65. The quantitative estimate of drug-likeness (QED) is 0.943. The molecule has 2 aromatic heterocycles. The molecule has 0 amide bonds. The van der Waals surface area contributed by atoms with Crippen molar-refractivity contribution < 1.29 is 0 Å². The Labute approximate surface area is 137 Å². The maximum atomic E-state index is 4.54. The van der Waals surface area contributed by atoms with E-state index in [4.69, 9.17) is 0 Å². The average Bonchev–Trinajstić information content (AvgIpc) is 3.08. The maximum Gasteiger partial charge on any atom is 0.157 e. The zero-order valence-corrected chi connectivity index (χ0v) is 13.4. The Kier molecular flexibility index (Phi) is 3.25. The predicted octanol–water partition coefficient (Wildman–Crippen LogP) is 3.18. The minimum atomic E-state index is 0.716. The number of hydrogen-bond donors (Lipinski definition) is 1. The second-order valence-electron chi connectivity index (χ2n) is 7.77. The van der Waals surface area contributed by atoms with Crippen LogP contribution >= 0.6 is 0 Å². The molecule has 0 unspecified atom stereocenters. The van der Waals surface area contributed by atoms with Gasteiger partial charge in [-0.2, -0.15) is 5.10 Å². The Morgan fingerprint density at radius 2 is 1.78 bits per heavy atom. The molecule has 0 spiro atoms. The van der Waals surface area contributed by atoms with Crippen LogP contribution in [0.5, 0.6) is 0 Å². The topological polar surface area (TPSA) is 42.7 Å². The van der Waals surface area contributed by atoms with Gasteiger partial charge in [-0.05, 0) is 67.9 Å². The van der Waals surface area contributed by atoms with E-state index < -0.39 is 0 Å². The van der Waals surface area contributed by atoms with Crippen molar-refractivity contribution in [1.29, 1.82) is 0 Å². The first-order chi connectivity index (χ1) is 11.4. The summed E-state index contributed by atoms with van der Waals surface area (Å²) in [5.41, 5.74) is 1.24. The summed E-state index contributed by atoms with van der Waals surface area (Å²) in [6.07, 6.45) is 13.0. The number of hydrogen-bond acceptors (Lipinski definition) is 3. The lowest BCUT2D eigenvalue weighted by molar-refractivity contribution is -0.0142. The van der Waals surface area contributed by atoms with Crippen molar-refractivity contribution in [1.82, 2.24) is 20.1 Å². The van der Waals surface area contributed by atoms with Crippen molar-refractivity contribution in [2.45, 2.75) is 44.7 Å². The minimum absolute atomic E-state index is 0.716. The van der Waals surface area contributed by atoms with E-state index in [-0.39, 0.29) is 0 Å². The molecule has 4 aliphatic carbocycles. The third-order valence-corrected chi connectivity index (χ3v) is 6.34. The first kappa shape index (κ1) is 13.7. The zero-order chi connectivity index (χ0) is 15.2. The van der Waals surface area contributed by atoms with Gasteiger partial charge < -0.3 is 5.32 Å². The number of nitrogens with one attached hydrogen (secondary N) is 1. The van der Waals surface area contributed by atoms with Crippen LogP contribution in [0.2, 0.25) is 0 Å². The van der Waals surface area contributed by atoms with Crippen molar-refractivity contribution in [3.05, 3.63) is 42.4 Å². The van der Waals surface area contributed by atoms with Crippen LogP contribution < -0.4 is 5.32 Å². The molecule has 6 rings (SSSR count). The molecular formula is C19H24N4. The van der Waals surface area contributed by atoms with Gasteiger partial charge in [-0.15, -0.1) is 0 Å². The van der Waals surface area contributed by atoms with Gasteiger partial charge in [0.25, 0.3) is 0 Å². The largest absolute Gasteiger partial charge is 0.309 e. The normalized spacial score (nSPS) is 34.9. The summed E-state index contributed by atoms with van der Waals surface area (Å²) < 4.78 is 1.87. The molecule has 4 fully saturated rings. The molecule has 0 atom stereocenters. The number of rotatable bonds is 4. The van der Waals surface area contributed by atoms with Gasteiger partial charge in [0.15, 0.2) is 5.82 Å². The van der Waals surface area contributed by atoms with Crippen LogP contribution in [-0.2, 0) is 6.54 Å². The van der Waals surface area contributed by atoms with E-state index in [0.717, 1.165) is 36.0 Å². The molecule has 23 heavy (non-hydrogen) atoms. The molecule has 1 N–H and O–H groups in total. The standard InChI is InChI=1S/C19H24N4/c1-3-15(19(20-4-1)23-6-2-5-22-23)12-21-18-16-8-13-7-14(10-16)11-17(18)9-13/h1-6,13-14,16-18,21H,7-12H2. The van der Waals surface area contributed by atoms with Gasteiger partial charge in [-0.1, -0.05) is 6.07 Å². The summed E-state index contributed by atoms with van der Waals surface area (Å²) in [4.78, 5) is 4.54. The fourth-order valence-corrected chi connectivity index (χ4v) is 5.65. The molecule has 0 aliphatic heterocycles. The second kappa shape index (κ2) is 5.45. The number of nitrogens with zero attached hydrogens (tertiary/aromatic N) is 3.